The maximum Gasteiger partial charge on any atom is 0.0570 e. The molecule has 1 aliphatic carbocycles. The highest BCUT2D eigenvalue weighted by Gasteiger charge is 2.37. The summed E-state index contributed by atoms with van der Waals surface area (Å²) in [5, 5.41) is 9.35. The van der Waals surface area contributed by atoms with Crippen LogP contribution >= 0.6 is 0 Å². The average molecular weight is 211 g/mol. The third-order valence-corrected chi connectivity index (χ3v) is 4.28. The first kappa shape index (κ1) is 11.4. The maximum atomic E-state index is 9.35. The van der Waals surface area contributed by atoms with Crippen molar-refractivity contribution in [2.45, 2.75) is 58.6 Å². The van der Waals surface area contributed by atoms with Gasteiger partial charge in [0.2, 0.25) is 0 Å². The zero-order chi connectivity index (χ0) is 11.1. The van der Waals surface area contributed by atoms with Crippen molar-refractivity contribution >= 4 is 0 Å². The second kappa shape index (κ2) is 4.06. The fraction of sp³-hybridized carbons (Fsp3) is 1.00. The summed E-state index contributed by atoms with van der Waals surface area (Å²) in [6.07, 6.45) is 4.74. The van der Waals surface area contributed by atoms with Crippen LogP contribution in [0.25, 0.3) is 0 Å². The first-order valence-corrected chi connectivity index (χ1v) is 6.39. The Morgan fingerprint density at radius 3 is 2.40 bits per heavy atom. The van der Waals surface area contributed by atoms with E-state index in [4.69, 9.17) is 0 Å². The molecule has 2 aliphatic rings. The summed E-state index contributed by atoms with van der Waals surface area (Å²) in [6, 6.07) is 0.685. The molecule has 1 saturated heterocycles. The summed E-state index contributed by atoms with van der Waals surface area (Å²) in [6.45, 7) is 9.58. The SMILES string of the molecule is CC(C)(C)[C@@H]1CCCN(C2CC(O)C2)C1. The first-order valence-electron chi connectivity index (χ1n) is 6.39. The Kier molecular flexibility index (Phi) is 3.09. The molecule has 0 aromatic heterocycles. The number of aliphatic hydroxyl groups is 1. The number of likely N-dealkylation sites (tertiary alicyclic amines) is 1. The summed E-state index contributed by atoms with van der Waals surface area (Å²) in [5.74, 6) is 0.837. The van der Waals surface area contributed by atoms with Crippen LogP contribution in [0.3, 0.4) is 0 Å². The van der Waals surface area contributed by atoms with Crippen LogP contribution in [0.15, 0.2) is 0 Å². The van der Waals surface area contributed by atoms with Gasteiger partial charge < -0.3 is 5.11 Å². The molecule has 0 spiro atoms. The highest BCUT2D eigenvalue weighted by molar-refractivity contribution is 4.91. The van der Waals surface area contributed by atoms with E-state index in [-0.39, 0.29) is 6.10 Å². The molecule has 1 atom stereocenters. The second-order valence-corrected chi connectivity index (χ2v) is 6.48. The Morgan fingerprint density at radius 2 is 1.87 bits per heavy atom. The minimum Gasteiger partial charge on any atom is -0.393 e. The molecular weight excluding hydrogens is 186 g/mol. The van der Waals surface area contributed by atoms with Crippen molar-refractivity contribution in [2.24, 2.45) is 11.3 Å². The molecule has 0 radical (unpaired) electrons. The number of rotatable bonds is 1. The van der Waals surface area contributed by atoms with Gasteiger partial charge in [0.25, 0.3) is 0 Å². The van der Waals surface area contributed by atoms with E-state index >= 15 is 0 Å². The highest BCUT2D eigenvalue weighted by Crippen LogP contribution is 2.36. The summed E-state index contributed by atoms with van der Waals surface area (Å²) in [7, 11) is 0. The molecule has 1 saturated carbocycles. The maximum absolute atomic E-state index is 9.35. The Morgan fingerprint density at radius 1 is 1.20 bits per heavy atom. The van der Waals surface area contributed by atoms with Gasteiger partial charge in [0.15, 0.2) is 0 Å². The number of hydrogen-bond donors (Lipinski definition) is 1. The van der Waals surface area contributed by atoms with E-state index in [0.29, 0.717) is 11.5 Å². The van der Waals surface area contributed by atoms with E-state index < -0.39 is 0 Å². The van der Waals surface area contributed by atoms with E-state index in [9.17, 15) is 5.11 Å². The van der Waals surface area contributed by atoms with E-state index in [1.54, 1.807) is 0 Å². The molecule has 0 bridgehead atoms. The van der Waals surface area contributed by atoms with E-state index in [2.05, 4.69) is 25.7 Å². The summed E-state index contributed by atoms with van der Waals surface area (Å²) >= 11 is 0. The molecule has 88 valence electrons. The van der Waals surface area contributed by atoms with Gasteiger partial charge in [0.05, 0.1) is 6.10 Å². The molecule has 15 heavy (non-hydrogen) atoms. The topological polar surface area (TPSA) is 23.5 Å². The van der Waals surface area contributed by atoms with Crippen LogP contribution in [0.1, 0.15) is 46.5 Å². The van der Waals surface area contributed by atoms with Gasteiger partial charge in [-0.3, -0.25) is 4.90 Å². The number of aliphatic hydroxyl groups excluding tert-OH is 1. The standard InChI is InChI=1S/C13H25NO/c1-13(2,3)10-5-4-6-14(9-10)11-7-12(15)8-11/h10-12,15H,4-9H2,1-3H3/t10-,11?,12?/m1/s1. The monoisotopic (exact) mass is 211 g/mol. The summed E-state index contributed by atoms with van der Waals surface area (Å²) < 4.78 is 0. The lowest BCUT2D eigenvalue weighted by Gasteiger charge is -2.47. The Labute approximate surface area is 93.7 Å². The highest BCUT2D eigenvalue weighted by atomic mass is 16.3. The van der Waals surface area contributed by atoms with E-state index in [0.717, 1.165) is 18.8 Å². The van der Waals surface area contributed by atoms with Gasteiger partial charge in [-0.15, -0.1) is 0 Å². The lowest BCUT2D eigenvalue weighted by Crippen LogP contribution is -2.52. The lowest BCUT2D eigenvalue weighted by molar-refractivity contribution is -0.0268. The molecule has 2 rings (SSSR count). The fourth-order valence-corrected chi connectivity index (χ4v) is 2.90. The number of hydrogen-bond acceptors (Lipinski definition) is 2. The quantitative estimate of drug-likeness (QED) is 0.719. The van der Waals surface area contributed by atoms with Gasteiger partial charge in [0, 0.05) is 12.6 Å². The first-order chi connectivity index (χ1) is 6.97. The van der Waals surface area contributed by atoms with Crippen molar-refractivity contribution in [1.29, 1.82) is 0 Å². The van der Waals surface area contributed by atoms with Crippen molar-refractivity contribution < 1.29 is 5.11 Å². The zero-order valence-corrected chi connectivity index (χ0v) is 10.4. The van der Waals surface area contributed by atoms with Crippen LogP contribution < -0.4 is 0 Å². The molecule has 1 aliphatic heterocycles. The normalized spacial score (nSPS) is 38.8. The molecule has 2 heteroatoms. The molecule has 0 aromatic rings. The smallest absolute Gasteiger partial charge is 0.0570 e. The van der Waals surface area contributed by atoms with Crippen molar-refractivity contribution in [3.63, 3.8) is 0 Å². The van der Waals surface area contributed by atoms with Gasteiger partial charge >= 0.3 is 0 Å². The van der Waals surface area contributed by atoms with Gasteiger partial charge in [-0.2, -0.15) is 0 Å². The molecule has 2 fully saturated rings. The van der Waals surface area contributed by atoms with Gasteiger partial charge in [-0.05, 0) is 43.6 Å². The third kappa shape index (κ3) is 2.54. The largest absolute Gasteiger partial charge is 0.393 e. The van der Waals surface area contributed by atoms with Gasteiger partial charge in [-0.1, -0.05) is 20.8 Å². The molecule has 0 aromatic carbocycles. The van der Waals surface area contributed by atoms with E-state index in [1.165, 1.54) is 25.9 Å². The van der Waals surface area contributed by atoms with Crippen LogP contribution in [-0.4, -0.2) is 35.2 Å². The lowest BCUT2D eigenvalue weighted by atomic mass is 9.75. The fourth-order valence-electron chi connectivity index (χ4n) is 2.90. The van der Waals surface area contributed by atoms with Gasteiger partial charge in [-0.25, -0.2) is 0 Å². The van der Waals surface area contributed by atoms with Crippen LogP contribution in [0.4, 0.5) is 0 Å². The molecular formula is C13H25NO. The van der Waals surface area contributed by atoms with Crippen molar-refractivity contribution in [2.75, 3.05) is 13.1 Å². The van der Waals surface area contributed by atoms with Crippen LogP contribution in [0.5, 0.6) is 0 Å². The van der Waals surface area contributed by atoms with Gasteiger partial charge in [0.1, 0.15) is 0 Å². The minimum absolute atomic E-state index is 0.00925. The Bertz CT molecular complexity index is 215. The minimum atomic E-state index is -0.00925. The predicted molar refractivity (Wildman–Crippen MR) is 62.8 cm³/mol. The predicted octanol–water partition coefficient (Wildman–Crippen LogP) is 2.27. The van der Waals surface area contributed by atoms with E-state index in [1.807, 2.05) is 0 Å². The summed E-state index contributed by atoms with van der Waals surface area (Å²) in [5.41, 5.74) is 0.445. The molecule has 1 heterocycles. The summed E-state index contributed by atoms with van der Waals surface area (Å²) in [4.78, 5) is 2.62. The van der Waals surface area contributed by atoms with Crippen molar-refractivity contribution in [1.82, 2.24) is 4.90 Å². The van der Waals surface area contributed by atoms with Crippen molar-refractivity contribution in [3.05, 3.63) is 0 Å². The number of piperidine rings is 1. The average Bonchev–Trinajstić information content (AvgIpc) is 2.12. The Balaban J connectivity index is 1.87. The second-order valence-electron chi connectivity index (χ2n) is 6.48. The van der Waals surface area contributed by atoms with Crippen LogP contribution in [0, 0.1) is 11.3 Å². The third-order valence-electron chi connectivity index (χ3n) is 4.28. The molecule has 0 unspecified atom stereocenters. The zero-order valence-electron chi connectivity index (χ0n) is 10.4. The van der Waals surface area contributed by atoms with Crippen LogP contribution in [-0.2, 0) is 0 Å². The van der Waals surface area contributed by atoms with Crippen molar-refractivity contribution in [3.8, 4) is 0 Å². The van der Waals surface area contributed by atoms with Crippen LogP contribution in [0.2, 0.25) is 0 Å². The number of nitrogens with zero attached hydrogens (tertiary/aromatic N) is 1. The molecule has 2 nitrogen and oxygen atoms in total. The molecule has 1 N–H and O–H groups in total. The molecule has 0 amide bonds. The Hall–Kier alpha value is -0.0800.